The Morgan fingerprint density at radius 3 is 2.23 bits per heavy atom. The molecule has 0 N–H and O–H groups in total. The number of rotatable bonds is 4. The molecule has 3 aromatic rings. The van der Waals surface area contributed by atoms with Gasteiger partial charge in [-0.1, -0.05) is 42.5 Å². The fraction of sp³-hybridized carbons (Fsp3) is 0.250. The summed E-state index contributed by atoms with van der Waals surface area (Å²) >= 11 is 0. The van der Waals surface area contributed by atoms with Gasteiger partial charge in [0, 0.05) is 55.6 Å². The third kappa shape index (κ3) is 4.26. The summed E-state index contributed by atoms with van der Waals surface area (Å²) in [7, 11) is 1.84. The molecule has 0 radical (unpaired) electrons. The topological polar surface area (TPSA) is 75.5 Å². The summed E-state index contributed by atoms with van der Waals surface area (Å²) in [6.07, 6.45) is 1.85. The highest BCUT2D eigenvalue weighted by molar-refractivity contribution is 6.42. The number of benzene rings is 2. The molecule has 7 heteroatoms. The number of ketones is 1. The summed E-state index contributed by atoms with van der Waals surface area (Å²) in [5.41, 5.74) is 2.66. The first-order valence-electron chi connectivity index (χ1n) is 10.2. The SMILES string of the molecule is C[C@@H]1CN(C(=O)c2ccccc2)CCN1C(=O)C(=O)c1ccc(-c2ccn(C)n2)cc1. The quantitative estimate of drug-likeness (QED) is 0.484. The summed E-state index contributed by atoms with van der Waals surface area (Å²) in [6.45, 7) is 2.98. The molecule has 0 aliphatic carbocycles. The number of carbonyl (C=O) groups is 3. The zero-order valence-electron chi connectivity index (χ0n) is 17.6. The molecular weight excluding hydrogens is 392 g/mol. The minimum Gasteiger partial charge on any atom is -0.335 e. The van der Waals surface area contributed by atoms with Gasteiger partial charge in [-0.3, -0.25) is 19.1 Å². The Morgan fingerprint density at radius 2 is 1.61 bits per heavy atom. The minimum atomic E-state index is -0.540. The number of amides is 2. The lowest BCUT2D eigenvalue weighted by molar-refractivity contribution is -0.130. The third-order valence-corrected chi connectivity index (χ3v) is 5.55. The molecule has 0 bridgehead atoms. The van der Waals surface area contributed by atoms with Crippen LogP contribution < -0.4 is 0 Å². The van der Waals surface area contributed by atoms with Crippen molar-refractivity contribution in [3.05, 3.63) is 78.0 Å². The molecule has 1 aliphatic heterocycles. The second kappa shape index (κ2) is 8.55. The van der Waals surface area contributed by atoms with Gasteiger partial charge in [-0.25, -0.2) is 0 Å². The summed E-state index contributed by atoms with van der Waals surface area (Å²) < 4.78 is 1.71. The lowest BCUT2D eigenvalue weighted by Crippen LogP contribution is -2.56. The van der Waals surface area contributed by atoms with Crippen LogP contribution in [0.1, 0.15) is 27.6 Å². The van der Waals surface area contributed by atoms with E-state index in [0.717, 1.165) is 11.3 Å². The van der Waals surface area contributed by atoms with Gasteiger partial charge in [0.1, 0.15) is 0 Å². The lowest BCUT2D eigenvalue weighted by atomic mass is 10.0. The molecule has 0 unspecified atom stereocenters. The second-order valence-electron chi connectivity index (χ2n) is 7.75. The van der Waals surface area contributed by atoms with Crippen molar-refractivity contribution in [3.63, 3.8) is 0 Å². The number of aromatic nitrogens is 2. The number of piperazine rings is 1. The molecule has 2 amide bonds. The molecule has 31 heavy (non-hydrogen) atoms. The van der Waals surface area contributed by atoms with Crippen LogP contribution in [0.15, 0.2) is 66.9 Å². The van der Waals surface area contributed by atoms with Gasteiger partial charge in [-0.15, -0.1) is 0 Å². The smallest absolute Gasteiger partial charge is 0.295 e. The van der Waals surface area contributed by atoms with E-state index in [1.54, 1.807) is 50.9 Å². The highest BCUT2D eigenvalue weighted by Gasteiger charge is 2.33. The molecule has 1 atom stereocenters. The number of hydrogen-bond donors (Lipinski definition) is 0. The minimum absolute atomic E-state index is 0.0593. The average molecular weight is 416 g/mol. The van der Waals surface area contributed by atoms with Gasteiger partial charge in [0.05, 0.1) is 5.69 Å². The maximum Gasteiger partial charge on any atom is 0.295 e. The molecule has 0 spiro atoms. The van der Waals surface area contributed by atoms with Crippen LogP contribution >= 0.6 is 0 Å². The van der Waals surface area contributed by atoms with E-state index in [2.05, 4.69) is 5.10 Å². The first-order valence-corrected chi connectivity index (χ1v) is 10.2. The molecule has 4 rings (SSSR count). The number of aryl methyl sites for hydroxylation is 1. The van der Waals surface area contributed by atoms with Crippen LogP contribution in [0.4, 0.5) is 0 Å². The Balaban J connectivity index is 1.41. The molecule has 1 fully saturated rings. The van der Waals surface area contributed by atoms with E-state index in [1.165, 1.54) is 0 Å². The van der Waals surface area contributed by atoms with Gasteiger partial charge in [0.25, 0.3) is 11.8 Å². The molecule has 1 aliphatic rings. The van der Waals surface area contributed by atoms with Gasteiger partial charge < -0.3 is 9.80 Å². The zero-order chi connectivity index (χ0) is 22.0. The highest BCUT2D eigenvalue weighted by atomic mass is 16.2. The van der Waals surface area contributed by atoms with Crippen molar-refractivity contribution in [1.82, 2.24) is 19.6 Å². The summed E-state index contributed by atoms with van der Waals surface area (Å²) in [5, 5.41) is 4.34. The van der Waals surface area contributed by atoms with Crippen LogP contribution in [0.2, 0.25) is 0 Å². The molecular formula is C24H24N4O3. The maximum absolute atomic E-state index is 12.9. The van der Waals surface area contributed by atoms with Gasteiger partial charge in [-0.2, -0.15) is 5.10 Å². The van der Waals surface area contributed by atoms with Gasteiger partial charge in [0.2, 0.25) is 5.78 Å². The summed E-state index contributed by atoms with van der Waals surface area (Å²) in [4.78, 5) is 41.6. The second-order valence-corrected chi connectivity index (χ2v) is 7.75. The van der Waals surface area contributed by atoms with Crippen LogP contribution in [0.25, 0.3) is 11.3 Å². The molecule has 1 aromatic heterocycles. The maximum atomic E-state index is 12.9. The first kappa shape index (κ1) is 20.5. The van der Waals surface area contributed by atoms with Gasteiger partial charge in [0.15, 0.2) is 0 Å². The van der Waals surface area contributed by atoms with Crippen LogP contribution in [-0.2, 0) is 11.8 Å². The Bertz CT molecular complexity index is 1110. The van der Waals surface area contributed by atoms with E-state index >= 15 is 0 Å². The number of hydrogen-bond acceptors (Lipinski definition) is 4. The Morgan fingerprint density at radius 1 is 0.903 bits per heavy atom. The normalized spacial score (nSPS) is 16.3. The van der Waals surface area contributed by atoms with Crippen molar-refractivity contribution in [2.45, 2.75) is 13.0 Å². The molecule has 0 saturated carbocycles. The van der Waals surface area contributed by atoms with E-state index < -0.39 is 11.7 Å². The van der Waals surface area contributed by atoms with Crippen LogP contribution in [0, 0.1) is 0 Å². The number of carbonyl (C=O) groups excluding carboxylic acids is 3. The fourth-order valence-corrected chi connectivity index (χ4v) is 3.82. The van der Waals surface area contributed by atoms with Crippen molar-refractivity contribution in [2.75, 3.05) is 19.6 Å². The van der Waals surface area contributed by atoms with Gasteiger partial charge >= 0.3 is 0 Å². The Kier molecular flexibility index (Phi) is 5.66. The van der Waals surface area contributed by atoms with Crippen molar-refractivity contribution in [1.29, 1.82) is 0 Å². The van der Waals surface area contributed by atoms with Crippen molar-refractivity contribution in [3.8, 4) is 11.3 Å². The average Bonchev–Trinajstić information content (AvgIpc) is 3.24. The van der Waals surface area contributed by atoms with E-state index in [9.17, 15) is 14.4 Å². The molecule has 2 heterocycles. The summed E-state index contributed by atoms with van der Waals surface area (Å²) in [6, 6.07) is 17.6. The number of Topliss-reactive ketones (excluding diaryl/α,β-unsaturated/α-hetero) is 1. The predicted molar refractivity (Wildman–Crippen MR) is 116 cm³/mol. The van der Waals surface area contributed by atoms with Crippen molar-refractivity contribution >= 4 is 17.6 Å². The van der Waals surface area contributed by atoms with E-state index in [0.29, 0.717) is 30.8 Å². The third-order valence-electron chi connectivity index (χ3n) is 5.55. The molecule has 158 valence electrons. The zero-order valence-corrected chi connectivity index (χ0v) is 17.6. The van der Waals surface area contributed by atoms with Gasteiger partial charge in [-0.05, 0) is 25.1 Å². The fourth-order valence-electron chi connectivity index (χ4n) is 3.82. The van der Waals surface area contributed by atoms with Crippen LogP contribution in [0.5, 0.6) is 0 Å². The standard InChI is InChI=1S/C24H24N4O3/c1-17-16-27(23(30)20-6-4-3-5-7-20)14-15-28(17)24(31)22(29)19-10-8-18(9-11-19)21-12-13-26(2)25-21/h3-13,17H,14-16H2,1-2H3/t17-/m1/s1. The number of nitrogens with zero attached hydrogens (tertiary/aromatic N) is 4. The van der Waals surface area contributed by atoms with E-state index in [1.807, 2.05) is 44.4 Å². The van der Waals surface area contributed by atoms with Crippen molar-refractivity contribution < 1.29 is 14.4 Å². The predicted octanol–water partition coefficient (Wildman–Crippen LogP) is 2.64. The Labute approximate surface area is 180 Å². The monoisotopic (exact) mass is 416 g/mol. The molecule has 1 saturated heterocycles. The van der Waals surface area contributed by atoms with Crippen LogP contribution in [0.3, 0.4) is 0 Å². The Hall–Kier alpha value is -3.74. The first-order chi connectivity index (χ1) is 14.9. The summed E-state index contributed by atoms with van der Waals surface area (Å²) in [5.74, 6) is -1.14. The van der Waals surface area contributed by atoms with Crippen LogP contribution in [-0.4, -0.2) is 62.9 Å². The highest BCUT2D eigenvalue weighted by Crippen LogP contribution is 2.19. The van der Waals surface area contributed by atoms with E-state index in [4.69, 9.17) is 0 Å². The van der Waals surface area contributed by atoms with E-state index in [-0.39, 0.29) is 11.9 Å². The largest absolute Gasteiger partial charge is 0.335 e. The van der Waals surface area contributed by atoms with Crippen molar-refractivity contribution in [2.24, 2.45) is 7.05 Å². The molecule has 2 aromatic carbocycles. The molecule has 7 nitrogen and oxygen atoms in total. The lowest BCUT2D eigenvalue weighted by Gasteiger charge is -2.39.